The number of methoxy groups -OCH3 is 1. The second-order valence-electron chi connectivity index (χ2n) is 6.65. The van der Waals surface area contributed by atoms with Gasteiger partial charge in [0.1, 0.15) is 17.9 Å². The van der Waals surface area contributed by atoms with Gasteiger partial charge in [0.05, 0.1) is 12.6 Å². The summed E-state index contributed by atoms with van der Waals surface area (Å²) < 4.78 is 5.30. The maximum absolute atomic E-state index is 12.4. The summed E-state index contributed by atoms with van der Waals surface area (Å²) in [6.07, 6.45) is 4.67. The Morgan fingerprint density at radius 1 is 1.00 bits per heavy atom. The Balaban J connectivity index is 1.56. The molecule has 0 radical (unpaired) electrons. The van der Waals surface area contributed by atoms with Crippen molar-refractivity contribution >= 4 is 51.7 Å². The van der Waals surface area contributed by atoms with Gasteiger partial charge in [0.25, 0.3) is 0 Å². The van der Waals surface area contributed by atoms with Crippen molar-refractivity contribution in [3.8, 4) is 5.75 Å². The van der Waals surface area contributed by atoms with Crippen molar-refractivity contribution < 1.29 is 9.53 Å². The molecule has 154 valence electrons. The van der Waals surface area contributed by atoms with Crippen molar-refractivity contribution in [2.45, 2.75) is 0 Å². The lowest BCUT2D eigenvalue weighted by Gasteiger charge is -2.10. The van der Waals surface area contributed by atoms with Crippen molar-refractivity contribution in [2.75, 3.05) is 17.7 Å². The van der Waals surface area contributed by atoms with Crippen LogP contribution in [0.5, 0.6) is 5.75 Å². The number of carbonyl (C=O) groups is 1. The molecule has 6 nitrogen and oxygen atoms in total. The zero-order chi connectivity index (χ0) is 21.6. The Bertz CT molecular complexity index is 1270. The molecule has 4 aromatic rings. The molecule has 1 amide bonds. The molecule has 0 bridgehead atoms. The lowest BCUT2D eigenvalue weighted by Crippen LogP contribution is -2.08. The van der Waals surface area contributed by atoms with Crippen LogP contribution in [0.1, 0.15) is 5.56 Å². The molecular formula is C24H19ClN4O2. The molecule has 1 heterocycles. The summed E-state index contributed by atoms with van der Waals surface area (Å²) in [4.78, 5) is 21.1. The summed E-state index contributed by atoms with van der Waals surface area (Å²) in [5.74, 6) is 1.06. The van der Waals surface area contributed by atoms with Gasteiger partial charge in [-0.2, -0.15) is 0 Å². The van der Waals surface area contributed by atoms with E-state index in [4.69, 9.17) is 16.3 Å². The Morgan fingerprint density at radius 2 is 1.87 bits per heavy atom. The summed E-state index contributed by atoms with van der Waals surface area (Å²) in [5, 5.41) is 7.52. The highest BCUT2D eigenvalue weighted by Gasteiger charge is 2.07. The number of halogens is 1. The summed E-state index contributed by atoms with van der Waals surface area (Å²) >= 11 is 6.07. The highest BCUT2D eigenvalue weighted by molar-refractivity contribution is 6.30. The van der Waals surface area contributed by atoms with Crippen LogP contribution in [0.15, 0.2) is 79.1 Å². The van der Waals surface area contributed by atoms with E-state index in [0.717, 1.165) is 22.2 Å². The van der Waals surface area contributed by atoms with E-state index in [1.807, 2.05) is 54.6 Å². The van der Waals surface area contributed by atoms with Crippen molar-refractivity contribution in [2.24, 2.45) is 0 Å². The third-order valence-electron chi connectivity index (χ3n) is 4.54. The van der Waals surface area contributed by atoms with Gasteiger partial charge in [-0.1, -0.05) is 35.9 Å². The number of fused-ring (bicyclic) bond motifs is 1. The molecule has 0 fully saturated rings. The summed E-state index contributed by atoms with van der Waals surface area (Å²) in [7, 11) is 1.60. The molecule has 0 aliphatic rings. The van der Waals surface area contributed by atoms with Crippen molar-refractivity contribution in [1.82, 2.24) is 9.97 Å². The number of carbonyl (C=O) groups excluding carboxylic acids is 1. The number of benzene rings is 3. The minimum atomic E-state index is -0.258. The van der Waals surface area contributed by atoms with Gasteiger partial charge < -0.3 is 15.4 Å². The number of rotatable bonds is 6. The zero-order valence-electron chi connectivity index (χ0n) is 16.7. The number of hydrogen-bond acceptors (Lipinski definition) is 5. The molecule has 0 atom stereocenters. The predicted octanol–water partition coefficient (Wildman–Crippen LogP) is 5.69. The van der Waals surface area contributed by atoms with E-state index in [-0.39, 0.29) is 5.91 Å². The average Bonchev–Trinajstić information content (AvgIpc) is 2.78. The molecule has 0 aliphatic carbocycles. The van der Waals surface area contributed by atoms with Crippen LogP contribution >= 0.6 is 11.6 Å². The van der Waals surface area contributed by atoms with Gasteiger partial charge in [-0.25, -0.2) is 9.97 Å². The average molecular weight is 431 g/mol. The highest BCUT2D eigenvalue weighted by atomic mass is 35.5. The highest BCUT2D eigenvalue weighted by Crippen LogP contribution is 2.27. The molecule has 0 spiro atoms. The molecule has 7 heteroatoms. The molecular weight excluding hydrogens is 412 g/mol. The number of nitrogens with zero attached hydrogens (tertiary/aromatic N) is 2. The van der Waals surface area contributed by atoms with E-state index >= 15 is 0 Å². The fraction of sp³-hybridized carbons (Fsp3) is 0.0417. The van der Waals surface area contributed by atoms with Gasteiger partial charge in [0.15, 0.2) is 0 Å². The van der Waals surface area contributed by atoms with E-state index in [9.17, 15) is 4.79 Å². The smallest absolute Gasteiger partial charge is 0.248 e. The molecule has 4 rings (SSSR count). The maximum atomic E-state index is 12.4. The van der Waals surface area contributed by atoms with E-state index in [1.54, 1.807) is 25.3 Å². The normalized spacial score (nSPS) is 10.9. The minimum Gasteiger partial charge on any atom is -0.496 e. The van der Waals surface area contributed by atoms with Crippen LogP contribution in [0.4, 0.5) is 17.2 Å². The number of ether oxygens (including phenoxy) is 1. The largest absolute Gasteiger partial charge is 0.496 e. The lowest BCUT2D eigenvalue weighted by atomic mass is 10.2. The third-order valence-corrected chi connectivity index (χ3v) is 4.78. The van der Waals surface area contributed by atoms with Gasteiger partial charge in [-0.3, -0.25) is 4.79 Å². The molecule has 2 N–H and O–H groups in total. The fourth-order valence-corrected chi connectivity index (χ4v) is 3.28. The lowest BCUT2D eigenvalue weighted by molar-refractivity contribution is -0.111. The molecule has 3 aromatic carbocycles. The third kappa shape index (κ3) is 4.99. The zero-order valence-corrected chi connectivity index (χ0v) is 17.4. The van der Waals surface area contributed by atoms with Crippen LogP contribution < -0.4 is 15.4 Å². The summed E-state index contributed by atoms with van der Waals surface area (Å²) in [6, 6.07) is 20.3. The SMILES string of the molecule is COc1ccccc1C=CC(=O)Nc1ccc2ncnc(Nc3cccc(Cl)c3)c2c1. The first-order chi connectivity index (χ1) is 15.1. The number of aromatic nitrogens is 2. The molecule has 0 saturated carbocycles. The monoisotopic (exact) mass is 430 g/mol. The Kier molecular flexibility index (Phi) is 6.10. The van der Waals surface area contributed by atoms with E-state index in [0.29, 0.717) is 22.3 Å². The molecule has 31 heavy (non-hydrogen) atoms. The van der Waals surface area contributed by atoms with Crippen LogP contribution in [0.3, 0.4) is 0 Å². The second kappa shape index (κ2) is 9.28. The Morgan fingerprint density at radius 3 is 2.71 bits per heavy atom. The van der Waals surface area contributed by atoms with Gasteiger partial charge in [0.2, 0.25) is 5.91 Å². The van der Waals surface area contributed by atoms with Crippen LogP contribution in [0.25, 0.3) is 17.0 Å². The minimum absolute atomic E-state index is 0.258. The standard InChI is InChI=1S/C24H19ClN4O2/c1-31-22-8-3-2-5-16(22)9-12-23(30)28-19-10-11-21-20(14-19)24(27-15-26-21)29-18-7-4-6-17(25)13-18/h2-15H,1H3,(H,28,30)(H,26,27,29). The van der Waals surface area contributed by atoms with Gasteiger partial charge in [-0.15, -0.1) is 0 Å². The Labute approximate surface area is 184 Å². The van der Waals surface area contributed by atoms with Crippen molar-refractivity contribution in [3.05, 3.63) is 89.7 Å². The molecule has 0 aliphatic heterocycles. The second-order valence-corrected chi connectivity index (χ2v) is 7.09. The van der Waals surface area contributed by atoms with Gasteiger partial charge >= 0.3 is 0 Å². The summed E-state index contributed by atoms with van der Waals surface area (Å²) in [5.41, 5.74) is 3.01. The topological polar surface area (TPSA) is 76.1 Å². The predicted molar refractivity (Wildman–Crippen MR) is 125 cm³/mol. The van der Waals surface area contributed by atoms with E-state index < -0.39 is 0 Å². The van der Waals surface area contributed by atoms with E-state index in [2.05, 4.69) is 20.6 Å². The number of anilines is 3. The first-order valence-electron chi connectivity index (χ1n) is 9.52. The molecule has 0 unspecified atom stereocenters. The van der Waals surface area contributed by atoms with Gasteiger partial charge in [0, 0.05) is 33.4 Å². The number of nitrogens with one attached hydrogen (secondary N) is 2. The van der Waals surface area contributed by atoms with Crippen LogP contribution in [0, 0.1) is 0 Å². The number of hydrogen-bond donors (Lipinski definition) is 2. The fourth-order valence-electron chi connectivity index (χ4n) is 3.09. The number of para-hydroxylation sites is 1. The summed E-state index contributed by atoms with van der Waals surface area (Å²) in [6.45, 7) is 0. The number of amides is 1. The van der Waals surface area contributed by atoms with Gasteiger partial charge in [-0.05, 0) is 48.5 Å². The first kappa shape index (κ1) is 20.4. The van der Waals surface area contributed by atoms with Crippen molar-refractivity contribution in [3.63, 3.8) is 0 Å². The van der Waals surface area contributed by atoms with Crippen molar-refractivity contribution in [1.29, 1.82) is 0 Å². The van der Waals surface area contributed by atoms with Crippen LogP contribution in [-0.4, -0.2) is 23.0 Å². The molecule has 1 aromatic heterocycles. The first-order valence-corrected chi connectivity index (χ1v) is 9.89. The Hall–Kier alpha value is -3.90. The quantitative estimate of drug-likeness (QED) is 0.384. The maximum Gasteiger partial charge on any atom is 0.248 e. The van der Waals surface area contributed by atoms with Crippen LogP contribution in [0.2, 0.25) is 5.02 Å². The van der Waals surface area contributed by atoms with Crippen LogP contribution in [-0.2, 0) is 4.79 Å². The van der Waals surface area contributed by atoms with E-state index in [1.165, 1.54) is 12.4 Å². The molecule has 0 saturated heterocycles.